The Morgan fingerprint density at radius 2 is 2.25 bits per heavy atom. The number of hydrogen-bond acceptors (Lipinski definition) is 1. The Labute approximate surface area is 101 Å². The fourth-order valence-electron chi connectivity index (χ4n) is 2.28. The van der Waals surface area contributed by atoms with Crippen LogP contribution in [0.15, 0.2) is 18.2 Å². The molecule has 0 saturated heterocycles. The highest BCUT2D eigenvalue weighted by Gasteiger charge is 2.29. The number of rotatable bonds is 4. The summed E-state index contributed by atoms with van der Waals surface area (Å²) in [5.74, 6) is 0.412. The van der Waals surface area contributed by atoms with Crippen molar-refractivity contribution in [2.75, 3.05) is 6.54 Å². The topological polar surface area (TPSA) is 12.0 Å². The van der Waals surface area contributed by atoms with Crippen LogP contribution >= 0.6 is 11.6 Å². The fourth-order valence-corrected chi connectivity index (χ4v) is 2.46. The molecule has 1 saturated carbocycles. The summed E-state index contributed by atoms with van der Waals surface area (Å²) in [5, 5.41) is 3.98. The lowest BCUT2D eigenvalue weighted by Crippen LogP contribution is -2.32. The van der Waals surface area contributed by atoms with Gasteiger partial charge in [-0.05, 0) is 43.5 Å². The maximum Gasteiger partial charge on any atom is 0.128 e. The highest BCUT2D eigenvalue weighted by Crippen LogP contribution is 2.39. The van der Waals surface area contributed by atoms with E-state index in [1.807, 2.05) is 6.92 Å². The van der Waals surface area contributed by atoms with Gasteiger partial charge in [0.05, 0.1) is 0 Å². The third kappa shape index (κ3) is 2.38. The van der Waals surface area contributed by atoms with Gasteiger partial charge in [-0.25, -0.2) is 4.39 Å². The van der Waals surface area contributed by atoms with Crippen LogP contribution in [0.3, 0.4) is 0 Å². The van der Waals surface area contributed by atoms with Crippen molar-refractivity contribution >= 4 is 11.6 Å². The molecule has 2 rings (SSSR count). The summed E-state index contributed by atoms with van der Waals surface area (Å²) in [4.78, 5) is 0. The van der Waals surface area contributed by atoms with E-state index in [1.165, 1.54) is 25.3 Å². The van der Waals surface area contributed by atoms with Crippen molar-refractivity contribution in [1.29, 1.82) is 0 Å². The van der Waals surface area contributed by atoms with Gasteiger partial charge in [-0.1, -0.05) is 24.9 Å². The zero-order valence-corrected chi connectivity index (χ0v) is 10.2. The maximum absolute atomic E-state index is 13.8. The number of nitrogens with one attached hydrogen (secondary N) is 1. The molecule has 16 heavy (non-hydrogen) atoms. The number of halogens is 2. The van der Waals surface area contributed by atoms with Gasteiger partial charge in [-0.2, -0.15) is 0 Å². The Bertz CT molecular complexity index is 363. The largest absolute Gasteiger partial charge is 0.310 e. The molecule has 0 spiro atoms. The monoisotopic (exact) mass is 241 g/mol. The standard InChI is InChI=1S/C13H17ClFN/c1-2-16-13(9-4-3-5-9)11-8-10(14)6-7-12(11)15/h6-9,13,16H,2-5H2,1H3. The molecule has 1 aliphatic rings. The Morgan fingerprint density at radius 3 is 2.81 bits per heavy atom. The molecular weight excluding hydrogens is 225 g/mol. The molecule has 0 heterocycles. The van der Waals surface area contributed by atoms with Gasteiger partial charge in [0.25, 0.3) is 0 Å². The Hall–Kier alpha value is -0.600. The van der Waals surface area contributed by atoms with Gasteiger partial charge in [0.1, 0.15) is 5.82 Å². The quantitative estimate of drug-likeness (QED) is 0.842. The molecule has 0 radical (unpaired) electrons. The lowest BCUT2D eigenvalue weighted by molar-refractivity contribution is 0.229. The first-order valence-corrected chi connectivity index (χ1v) is 6.28. The maximum atomic E-state index is 13.8. The molecule has 0 aliphatic heterocycles. The molecule has 0 bridgehead atoms. The summed E-state index contributed by atoms with van der Waals surface area (Å²) in [6.45, 7) is 2.90. The van der Waals surface area contributed by atoms with Gasteiger partial charge in [0.15, 0.2) is 0 Å². The summed E-state index contributed by atoms with van der Waals surface area (Å²) in [7, 11) is 0. The van der Waals surface area contributed by atoms with Gasteiger partial charge < -0.3 is 5.32 Å². The van der Waals surface area contributed by atoms with E-state index in [2.05, 4.69) is 5.32 Å². The average molecular weight is 242 g/mol. The van der Waals surface area contributed by atoms with Crippen LogP contribution in [0.1, 0.15) is 37.8 Å². The van der Waals surface area contributed by atoms with Gasteiger partial charge >= 0.3 is 0 Å². The molecular formula is C13H17ClFN. The minimum absolute atomic E-state index is 0.123. The molecule has 1 fully saturated rings. The first kappa shape index (κ1) is 11.9. The molecule has 88 valence electrons. The highest BCUT2D eigenvalue weighted by atomic mass is 35.5. The summed E-state index contributed by atoms with van der Waals surface area (Å²) >= 11 is 5.93. The molecule has 1 N–H and O–H groups in total. The minimum atomic E-state index is -0.151. The van der Waals surface area contributed by atoms with E-state index >= 15 is 0 Å². The SMILES string of the molecule is CCNC(c1cc(Cl)ccc1F)C1CCC1. The van der Waals surface area contributed by atoms with E-state index in [0.717, 1.165) is 12.1 Å². The molecule has 1 atom stereocenters. The van der Waals surface area contributed by atoms with Crippen LogP contribution in [-0.4, -0.2) is 6.54 Å². The van der Waals surface area contributed by atoms with Gasteiger partial charge in [0.2, 0.25) is 0 Å². The second kappa shape index (κ2) is 5.15. The van der Waals surface area contributed by atoms with E-state index in [4.69, 9.17) is 11.6 Å². The molecule has 1 nitrogen and oxygen atoms in total. The molecule has 0 aromatic heterocycles. The van der Waals surface area contributed by atoms with Gasteiger partial charge in [0, 0.05) is 16.6 Å². The molecule has 0 amide bonds. The van der Waals surface area contributed by atoms with Crippen molar-refractivity contribution in [2.24, 2.45) is 5.92 Å². The van der Waals surface area contributed by atoms with Crippen molar-refractivity contribution in [3.05, 3.63) is 34.6 Å². The Morgan fingerprint density at radius 1 is 1.50 bits per heavy atom. The second-order valence-corrected chi connectivity index (χ2v) is 4.83. The predicted octanol–water partition coefficient (Wildman–Crippen LogP) is 3.93. The summed E-state index contributed by atoms with van der Waals surface area (Å²) in [6.07, 6.45) is 3.63. The molecule has 3 heteroatoms. The third-order valence-corrected chi connectivity index (χ3v) is 3.57. The van der Waals surface area contributed by atoms with Crippen molar-refractivity contribution in [1.82, 2.24) is 5.32 Å². The molecule has 1 aromatic carbocycles. The minimum Gasteiger partial charge on any atom is -0.310 e. The summed E-state index contributed by atoms with van der Waals surface area (Å²) in [6, 6.07) is 4.94. The zero-order valence-electron chi connectivity index (χ0n) is 9.47. The van der Waals surface area contributed by atoms with Gasteiger partial charge in [-0.15, -0.1) is 0 Å². The van der Waals surface area contributed by atoms with E-state index in [1.54, 1.807) is 12.1 Å². The van der Waals surface area contributed by atoms with Crippen molar-refractivity contribution in [3.63, 3.8) is 0 Å². The predicted molar refractivity (Wildman–Crippen MR) is 65.2 cm³/mol. The molecule has 1 aliphatic carbocycles. The zero-order chi connectivity index (χ0) is 11.5. The first-order valence-electron chi connectivity index (χ1n) is 5.90. The molecule has 1 aromatic rings. The van der Waals surface area contributed by atoms with Crippen LogP contribution in [0.5, 0.6) is 0 Å². The average Bonchev–Trinajstić information content (AvgIpc) is 2.18. The fraction of sp³-hybridized carbons (Fsp3) is 0.538. The van der Waals surface area contributed by atoms with Crippen LogP contribution < -0.4 is 5.32 Å². The van der Waals surface area contributed by atoms with Crippen LogP contribution in [0.25, 0.3) is 0 Å². The lowest BCUT2D eigenvalue weighted by atomic mass is 9.77. The lowest BCUT2D eigenvalue weighted by Gasteiger charge is -2.34. The van der Waals surface area contributed by atoms with Crippen molar-refractivity contribution < 1.29 is 4.39 Å². The van der Waals surface area contributed by atoms with E-state index < -0.39 is 0 Å². The second-order valence-electron chi connectivity index (χ2n) is 4.39. The van der Waals surface area contributed by atoms with Crippen LogP contribution in [-0.2, 0) is 0 Å². The van der Waals surface area contributed by atoms with E-state index in [0.29, 0.717) is 10.9 Å². The van der Waals surface area contributed by atoms with E-state index in [-0.39, 0.29) is 11.9 Å². The summed E-state index contributed by atoms with van der Waals surface area (Å²) in [5.41, 5.74) is 0.721. The van der Waals surface area contributed by atoms with Crippen molar-refractivity contribution in [2.45, 2.75) is 32.2 Å². The van der Waals surface area contributed by atoms with Crippen LogP contribution in [0.2, 0.25) is 5.02 Å². The Balaban J connectivity index is 2.25. The van der Waals surface area contributed by atoms with E-state index in [9.17, 15) is 4.39 Å². The van der Waals surface area contributed by atoms with Gasteiger partial charge in [-0.3, -0.25) is 0 Å². The first-order chi connectivity index (χ1) is 7.72. The normalized spacial score (nSPS) is 18.2. The third-order valence-electron chi connectivity index (χ3n) is 3.34. The smallest absolute Gasteiger partial charge is 0.128 e. The number of benzene rings is 1. The Kier molecular flexibility index (Phi) is 3.82. The highest BCUT2D eigenvalue weighted by molar-refractivity contribution is 6.30. The molecule has 1 unspecified atom stereocenters. The number of hydrogen-bond donors (Lipinski definition) is 1. The summed E-state index contributed by atoms with van der Waals surface area (Å²) < 4.78 is 13.8. The van der Waals surface area contributed by atoms with Crippen LogP contribution in [0, 0.1) is 11.7 Å². The van der Waals surface area contributed by atoms with Crippen molar-refractivity contribution in [3.8, 4) is 0 Å². The van der Waals surface area contributed by atoms with Crippen LogP contribution in [0.4, 0.5) is 4.39 Å².